The molecule has 3 heteroatoms. The van der Waals surface area contributed by atoms with Crippen molar-refractivity contribution in [2.24, 2.45) is 0 Å². The van der Waals surface area contributed by atoms with Gasteiger partial charge in [-0.25, -0.2) is 0 Å². The van der Waals surface area contributed by atoms with E-state index in [-0.39, 0.29) is 28.5 Å². The third-order valence-corrected chi connectivity index (χ3v) is 7.76. The number of rotatable bonds is 5. The molecule has 0 unspecified atom stereocenters. The van der Waals surface area contributed by atoms with Crippen LogP contribution in [0.5, 0.6) is 0 Å². The first kappa shape index (κ1) is 21.7. The number of hydrogen-bond donors (Lipinski definition) is 0. The van der Waals surface area contributed by atoms with Gasteiger partial charge in [0.2, 0.25) is 0 Å². The Morgan fingerprint density at radius 1 is 0.593 bits per heavy atom. The Bertz CT molecular complexity index is 791. The molecule has 0 radical (unpaired) electrons. The quantitative estimate of drug-likeness (QED) is 0.395. The van der Waals surface area contributed by atoms with Gasteiger partial charge in [-0.1, -0.05) is 0 Å². The largest absolute Gasteiger partial charge is 1.00 e. The molecule has 0 aliphatic heterocycles. The summed E-state index contributed by atoms with van der Waals surface area (Å²) in [6.07, 6.45) is 7.94. The molecule has 0 saturated heterocycles. The van der Waals surface area contributed by atoms with Crippen molar-refractivity contribution in [3.8, 4) is 0 Å². The van der Waals surface area contributed by atoms with Gasteiger partial charge < -0.3 is 24.8 Å². The fourth-order valence-corrected chi connectivity index (χ4v) is 6.39. The second-order valence-corrected chi connectivity index (χ2v) is 8.86. The van der Waals surface area contributed by atoms with E-state index in [9.17, 15) is 0 Å². The third kappa shape index (κ3) is 4.47. The molecule has 1 aliphatic rings. The van der Waals surface area contributed by atoms with Crippen molar-refractivity contribution < 1.29 is 44.0 Å². The second-order valence-electron chi connectivity index (χ2n) is 6.30. The fourth-order valence-electron chi connectivity index (χ4n) is 3.56. The summed E-state index contributed by atoms with van der Waals surface area (Å²) in [5.41, 5.74) is 4.21. The van der Waals surface area contributed by atoms with Gasteiger partial charge in [0, 0.05) is 0 Å². The zero-order valence-electron chi connectivity index (χ0n) is 14.9. The Kier molecular flexibility index (Phi) is 8.14. The van der Waals surface area contributed by atoms with Crippen LogP contribution in [-0.4, -0.2) is 0 Å². The molecule has 0 heterocycles. The van der Waals surface area contributed by atoms with Crippen molar-refractivity contribution in [1.29, 1.82) is 0 Å². The first-order valence-corrected chi connectivity index (χ1v) is 10.3. The molecule has 0 bridgehead atoms. The summed E-state index contributed by atoms with van der Waals surface area (Å²) in [4.78, 5) is 0. The second kappa shape index (κ2) is 10.1. The molecule has 0 spiro atoms. The molecule has 3 aromatic carbocycles. The Morgan fingerprint density at radius 3 is 1.33 bits per heavy atom. The average Bonchev–Trinajstić information content (AvgIpc) is 3.21. The number of allylic oxidation sites excluding steroid dienone is 4. The first-order chi connectivity index (χ1) is 12.4. The maximum atomic E-state index is 2.34. The molecule has 0 fully saturated rings. The van der Waals surface area contributed by atoms with Gasteiger partial charge in [0.1, 0.15) is 0 Å². The van der Waals surface area contributed by atoms with E-state index in [1.54, 1.807) is 3.88 Å². The summed E-state index contributed by atoms with van der Waals surface area (Å²) >= 11 is -0.441. The predicted molar refractivity (Wildman–Crippen MR) is 101 cm³/mol. The Hall–Kier alpha value is -1.57. The molecule has 0 amide bonds. The van der Waals surface area contributed by atoms with Gasteiger partial charge in [0.15, 0.2) is 0 Å². The van der Waals surface area contributed by atoms with Crippen molar-refractivity contribution in [3.63, 3.8) is 0 Å². The van der Waals surface area contributed by atoms with Crippen LogP contribution in [0.3, 0.4) is 0 Å². The van der Waals surface area contributed by atoms with Crippen molar-refractivity contribution in [1.82, 2.24) is 0 Å². The van der Waals surface area contributed by atoms with Crippen molar-refractivity contribution >= 4 is 0 Å². The maximum Gasteiger partial charge on any atom is -1.00 e. The molecular weight excluding hydrogens is 407 g/mol. The van der Waals surface area contributed by atoms with Gasteiger partial charge in [-0.15, -0.1) is 0 Å². The smallest absolute Gasteiger partial charge is 1.00 e. The molecule has 134 valence electrons. The Balaban J connectivity index is 0.00000131. The Morgan fingerprint density at radius 2 is 1.00 bits per heavy atom. The molecule has 0 N–H and O–H groups in total. The molecular formula is C24H20Cl2Ti. The predicted octanol–water partition coefficient (Wildman–Crippen LogP) is -0.0872. The van der Waals surface area contributed by atoms with Crippen LogP contribution in [0.1, 0.15) is 23.1 Å². The summed E-state index contributed by atoms with van der Waals surface area (Å²) in [6.45, 7) is 0. The minimum atomic E-state index is -0.441. The van der Waals surface area contributed by atoms with Crippen molar-refractivity contribution in [3.05, 3.63) is 130 Å². The van der Waals surface area contributed by atoms with Crippen LogP contribution >= 0.6 is 0 Å². The molecule has 0 atom stereocenters. The van der Waals surface area contributed by atoms with E-state index in [2.05, 4.69) is 109 Å². The maximum absolute atomic E-state index is 2.34. The van der Waals surface area contributed by atoms with E-state index in [1.807, 2.05) is 0 Å². The van der Waals surface area contributed by atoms with Crippen LogP contribution in [0, 0.1) is 0 Å². The number of halogens is 2. The zero-order chi connectivity index (χ0) is 17.0. The summed E-state index contributed by atoms with van der Waals surface area (Å²) in [5, 5.41) is 0. The first-order valence-electron chi connectivity index (χ1n) is 8.70. The molecule has 0 saturated carbocycles. The number of hydrogen-bond acceptors (Lipinski definition) is 0. The number of benzene rings is 3. The fraction of sp³-hybridized carbons (Fsp3) is 0.0833. The van der Waals surface area contributed by atoms with Crippen LogP contribution in [0.4, 0.5) is 0 Å². The zero-order valence-corrected chi connectivity index (χ0v) is 17.9. The van der Waals surface area contributed by atoms with Gasteiger partial charge in [0.25, 0.3) is 0 Å². The van der Waals surface area contributed by atoms with Crippen LogP contribution in [0.2, 0.25) is 0 Å². The van der Waals surface area contributed by atoms with Crippen LogP contribution in [-0.2, 0) is 22.9 Å². The average molecular weight is 427 g/mol. The van der Waals surface area contributed by atoms with Gasteiger partial charge in [-0.05, 0) is 0 Å². The summed E-state index contributed by atoms with van der Waals surface area (Å²) < 4.78 is 1.57. The Labute approximate surface area is 183 Å². The van der Waals surface area contributed by atoms with Crippen LogP contribution < -0.4 is 24.8 Å². The van der Waals surface area contributed by atoms with Crippen molar-refractivity contribution in [2.45, 2.75) is 10.1 Å². The minimum Gasteiger partial charge on any atom is -1.00 e. The summed E-state index contributed by atoms with van der Waals surface area (Å²) in [5.74, 6) is 0. The van der Waals surface area contributed by atoms with E-state index < -0.39 is 19.2 Å². The van der Waals surface area contributed by atoms with E-state index in [0.717, 1.165) is 6.42 Å². The molecule has 3 aromatic rings. The van der Waals surface area contributed by atoms with E-state index in [1.165, 1.54) is 16.7 Å². The van der Waals surface area contributed by atoms with Crippen LogP contribution in [0.15, 0.2) is 113 Å². The molecule has 0 nitrogen and oxygen atoms in total. The van der Waals surface area contributed by atoms with Gasteiger partial charge >= 0.3 is 159 Å². The molecule has 27 heavy (non-hydrogen) atoms. The van der Waals surface area contributed by atoms with Gasteiger partial charge in [0.05, 0.1) is 0 Å². The third-order valence-electron chi connectivity index (χ3n) is 4.74. The van der Waals surface area contributed by atoms with Gasteiger partial charge in [-0.3, -0.25) is 0 Å². The standard InChI is InChI=1S/C19H15.C5H5.2ClH.Ti/c1-4-10-16(11-5-1)19(17-12-6-2-7-13-17)18-14-8-3-9-15-18;1-2-4-5-3-1;;;/h1-15H;1-3H,4H2;2*1H;/q;;;;+2/p-2. The summed E-state index contributed by atoms with van der Waals surface area (Å²) in [7, 11) is 0. The molecule has 4 rings (SSSR count). The monoisotopic (exact) mass is 426 g/mol. The molecule has 1 aliphatic carbocycles. The SMILES string of the molecule is C1=CC[C]([Ti+2][C](c2ccccc2)(c2ccccc2)c2ccccc2)=C1.[Cl-].[Cl-]. The van der Waals surface area contributed by atoms with Gasteiger partial charge in [-0.2, -0.15) is 0 Å². The van der Waals surface area contributed by atoms with E-state index in [4.69, 9.17) is 0 Å². The minimum absolute atomic E-state index is 0. The van der Waals surface area contributed by atoms with E-state index >= 15 is 0 Å². The van der Waals surface area contributed by atoms with E-state index in [0.29, 0.717) is 0 Å². The topological polar surface area (TPSA) is 0 Å². The van der Waals surface area contributed by atoms with Crippen LogP contribution in [0.25, 0.3) is 0 Å². The summed E-state index contributed by atoms with van der Waals surface area (Å²) in [6, 6.07) is 33.1. The molecule has 0 aromatic heterocycles. The normalized spacial score (nSPS) is 12.4. The van der Waals surface area contributed by atoms with Crippen molar-refractivity contribution in [2.75, 3.05) is 0 Å².